The van der Waals surface area contributed by atoms with Crippen molar-refractivity contribution in [2.24, 2.45) is 4.36 Å². The molecule has 0 aliphatic carbocycles. The van der Waals surface area contributed by atoms with Crippen molar-refractivity contribution in [1.29, 1.82) is 0 Å². The molecule has 11 heavy (non-hydrogen) atoms. The highest BCUT2D eigenvalue weighted by Gasteiger charge is 2.09. The fourth-order valence-corrected chi connectivity index (χ4v) is 2.64. The number of rotatable bonds is 0. The molecule has 1 aliphatic rings. The molecule has 0 bridgehead atoms. The van der Waals surface area contributed by atoms with Crippen molar-refractivity contribution >= 4 is 28.0 Å². The van der Waals surface area contributed by atoms with Crippen LogP contribution in [-0.2, 0) is 16.4 Å². The average molecular weight is 186 g/mol. The summed E-state index contributed by atoms with van der Waals surface area (Å²) in [4.78, 5) is 0. The monoisotopic (exact) mass is 185 g/mol. The highest BCUT2D eigenvalue weighted by Crippen LogP contribution is 2.30. The molecule has 0 saturated heterocycles. The van der Waals surface area contributed by atoms with Gasteiger partial charge in [0.2, 0.25) is 0 Å². The van der Waals surface area contributed by atoms with Crippen molar-refractivity contribution in [1.82, 2.24) is 0 Å². The molecular weight excluding hydrogens is 178 g/mol. The topological polar surface area (TPSA) is 12.4 Å². The highest BCUT2D eigenvalue weighted by atomic mass is 35.5. The zero-order valence-corrected chi connectivity index (χ0v) is 7.75. The summed E-state index contributed by atoms with van der Waals surface area (Å²) in [5.74, 6) is 1.07. The second kappa shape index (κ2) is 2.61. The fourth-order valence-electron chi connectivity index (χ4n) is 1.18. The van der Waals surface area contributed by atoms with Crippen LogP contribution in [-0.4, -0.2) is 6.26 Å². The van der Waals surface area contributed by atoms with Gasteiger partial charge in [-0.2, -0.15) is 0 Å². The van der Waals surface area contributed by atoms with Gasteiger partial charge in [-0.15, -0.1) is 0 Å². The molecule has 1 aromatic rings. The fraction of sp³-hybridized carbons (Fsp3) is 0.250. The zero-order valence-electron chi connectivity index (χ0n) is 6.17. The molecule has 0 amide bonds. The first-order valence-corrected chi connectivity index (χ1v) is 5.52. The SMILES string of the molecule is CS1=Nc2ccc(Cl)cc2C1. The largest absolute Gasteiger partial charge is 0.228 e. The van der Waals surface area contributed by atoms with Crippen LogP contribution in [0.1, 0.15) is 5.56 Å². The summed E-state index contributed by atoms with van der Waals surface area (Å²) >= 11 is 5.83. The van der Waals surface area contributed by atoms with Crippen molar-refractivity contribution in [3.05, 3.63) is 28.8 Å². The second-order valence-corrected chi connectivity index (χ2v) is 4.72. The van der Waals surface area contributed by atoms with E-state index in [2.05, 4.69) is 10.6 Å². The van der Waals surface area contributed by atoms with Gasteiger partial charge in [0, 0.05) is 10.8 Å². The van der Waals surface area contributed by atoms with E-state index in [1.54, 1.807) is 0 Å². The number of halogens is 1. The van der Waals surface area contributed by atoms with E-state index >= 15 is 0 Å². The van der Waals surface area contributed by atoms with Crippen LogP contribution in [0.2, 0.25) is 5.02 Å². The first-order valence-electron chi connectivity index (χ1n) is 3.38. The molecule has 1 aliphatic heterocycles. The highest BCUT2D eigenvalue weighted by molar-refractivity contribution is 7.86. The van der Waals surface area contributed by atoms with Crippen molar-refractivity contribution in [2.45, 2.75) is 5.75 Å². The van der Waals surface area contributed by atoms with Crippen molar-refractivity contribution in [2.75, 3.05) is 6.26 Å². The Kier molecular flexibility index (Phi) is 1.74. The van der Waals surface area contributed by atoms with E-state index in [-0.39, 0.29) is 10.7 Å². The molecule has 1 nitrogen and oxygen atoms in total. The maximum Gasteiger partial charge on any atom is 0.0744 e. The molecule has 0 saturated carbocycles. The number of benzene rings is 1. The van der Waals surface area contributed by atoms with Crippen LogP contribution < -0.4 is 0 Å². The molecule has 0 N–H and O–H groups in total. The van der Waals surface area contributed by atoms with Crippen LogP contribution in [0.3, 0.4) is 0 Å². The predicted molar refractivity (Wildman–Crippen MR) is 50.5 cm³/mol. The summed E-state index contributed by atoms with van der Waals surface area (Å²) < 4.78 is 4.46. The third-order valence-corrected chi connectivity index (χ3v) is 3.13. The van der Waals surface area contributed by atoms with Crippen LogP contribution >= 0.6 is 11.6 Å². The van der Waals surface area contributed by atoms with Crippen LogP contribution in [0.5, 0.6) is 0 Å². The smallest absolute Gasteiger partial charge is 0.0744 e. The molecule has 0 spiro atoms. The molecule has 1 heterocycles. The van der Waals surface area contributed by atoms with Gasteiger partial charge < -0.3 is 0 Å². The second-order valence-electron chi connectivity index (χ2n) is 2.61. The summed E-state index contributed by atoms with van der Waals surface area (Å²) in [7, 11) is 0.189. The van der Waals surface area contributed by atoms with Gasteiger partial charge in [0.15, 0.2) is 0 Å². The quantitative estimate of drug-likeness (QED) is 0.590. The molecule has 0 fully saturated rings. The third kappa shape index (κ3) is 1.33. The van der Waals surface area contributed by atoms with E-state index < -0.39 is 0 Å². The minimum absolute atomic E-state index is 0.189. The maximum atomic E-state index is 5.83. The summed E-state index contributed by atoms with van der Waals surface area (Å²) in [5.41, 5.74) is 2.42. The number of hydrogen-bond donors (Lipinski definition) is 0. The minimum atomic E-state index is 0.189. The lowest BCUT2D eigenvalue weighted by Gasteiger charge is -1.94. The predicted octanol–water partition coefficient (Wildman–Crippen LogP) is 2.92. The molecule has 1 atom stereocenters. The minimum Gasteiger partial charge on any atom is -0.228 e. The van der Waals surface area contributed by atoms with Crippen LogP contribution in [0, 0.1) is 0 Å². The van der Waals surface area contributed by atoms with Crippen LogP contribution in [0.4, 0.5) is 5.69 Å². The summed E-state index contributed by atoms with van der Waals surface area (Å²) in [6, 6.07) is 5.90. The Labute approximate surface area is 73.5 Å². The Morgan fingerprint density at radius 3 is 3.18 bits per heavy atom. The summed E-state index contributed by atoms with van der Waals surface area (Å²) in [6.45, 7) is 0. The lowest BCUT2D eigenvalue weighted by atomic mass is 10.2. The molecule has 1 unspecified atom stereocenters. The number of fused-ring (bicyclic) bond motifs is 1. The van der Waals surface area contributed by atoms with Crippen molar-refractivity contribution in [3.8, 4) is 0 Å². The van der Waals surface area contributed by atoms with Gasteiger partial charge in [0.1, 0.15) is 0 Å². The van der Waals surface area contributed by atoms with Gasteiger partial charge in [0.25, 0.3) is 0 Å². The van der Waals surface area contributed by atoms with Crippen LogP contribution in [0.15, 0.2) is 22.6 Å². The van der Waals surface area contributed by atoms with Gasteiger partial charge in [0.05, 0.1) is 5.69 Å². The van der Waals surface area contributed by atoms with Crippen molar-refractivity contribution < 1.29 is 0 Å². The van der Waals surface area contributed by atoms with Gasteiger partial charge in [-0.05, 0) is 30.0 Å². The molecule has 0 radical (unpaired) electrons. The van der Waals surface area contributed by atoms with E-state index in [4.69, 9.17) is 11.6 Å². The zero-order chi connectivity index (χ0) is 7.84. The molecule has 0 aromatic heterocycles. The molecular formula is C8H8ClNS. The molecule has 58 valence electrons. The van der Waals surface area contributed by atoms with Crippen molar-refractivity contribution in [3.63, 3.8) is 0 Å². The lowest BCUT2D eigenvalue weighted by molar-refractivity contribution is 1.43. The van der Waals surface area contributed by atoms with Gasteiger partial charge in [-0.25, -0.2) is 4.36 Å². The van der Waals surface area contributed by atoms with E-state index in [9.17, 15) is 0 Å². The van der Waals surface area contributed by atoms with E-state index in [0.29, 0.717) is 0 Å². The Bertz CT molecular complexity index is 333. The van der Waals surface area contributed by atoms with Gasteiger partial charge in [-0.3, -0.25) is 0 Å². The first-order chi connectivity index (χ1) is 5.25. The summed E-state index contributed by atoms with van der Waals surface area (Å²) in [6.07, 6.45) is 2.15. The Morgan fingerprint density at radius 1 is 1.55 bits per heavy atom. The number of hydrogen-bond acceptors (Lipinski definition) is 1. The standard InChI is InChI=1S/C8H8ClNS/c1-11-5-6-4-7(9)2-3-8(6)10-11/h2-4H,5H2,1H3. The Hall–Kier alpha value is -0.340. The van der Waals surface area contributed by atoms with Gasteiger partial charge in [-0.1, -0.05) is 22.3 Å². The van der Waals surface area contributed by atoms with Gasteiger partial charge >= 0.3 is 0 Å². The molecule has 2 rings (SSSR count). The Balaban J connectivity index is 2.52. The van der Waals surface area contributed by atoms with Crippen LogP contribution in [0.25, 0.3) is 0 Å². The maximum absolute atomic E-state index is 5.83. The van der Waals surface area contributed by atoms with E-state index in [0.717, 1.165) is 16.5 Å². The van der Waals surface area contributed by atoms with E-state index in [1.165, 1.54) is 5.56 Å². The normalized spacial score (nSPS) is 21.1. The molecule has 3 heteroatoms. The third-order valence-electron chi connectivity index (χ3n) is 1.66. The summed E-state index contributed by atoms with van der Waals surface area (Å²) in [5, 5.41) is 0.817. The molecule has 1 aromatic carbocycles. The average Bonchev–Trinajstić information content (AvgIpc) is 2.27. The Morgan fingerprint density at radius 2 is 2.36 bits per heavy atom. The number of nitrogens with zero attached hydrogens (tertiary/aromatic N) is 1. The lowest BCUT2D eigenvalue weighted by Crippen LogP contribution is -1.82. The first kappa shape index (κ1) is 7.32. The van der Waals surface area contributed by atoms with E-state index in [1.807, 2.05) is 18.2 Å².